The Bertz CT molecular complexity index is 388. The molecule has 0 aromatic rings. The third kappa shape index (κ3) is 31.7. The van der Waals surface area contributed by atoms with E-state index in [0.29, 0.717) is 0 Å². The first-order valence-electron chi connectivity index (χ1n) is 16.6. The summed E-state index contributed by atoms with van der Waals surface area (Å²) in [5.41, 5.74) is 0. The average molecular weight is 493 g/mol. The first kappa shape index (κ1) is 34.7. The lowest BCUT2D eigenvalue weighted by Crippen LogP contribution is -2.05. The molecule has 0 fully saturated rings. The number of aliphatic hydroxyl groups excluding tert-OH is 1. The summed E-state index contributed by atoms with van der Waals surface area (Å²) in [6.45, 7) is 4.58. The summed E-state index contributed by atoms with van der Waals surface area (Å²) in [4.78, 5) is 0. The van der Waals surface area contributed by atoms with Crippen LogP contribution < -0.4 is 0 Å². The fourth-order valence-corrected chi connectivity index (χ4v) is 5.17. The summed E-state index contributed by atoms with van der Waals surface area (Å²) < 4.78 is 0. The SMILES string of the molecule is CCCCCCCCC=CCCCCCCCCC(O)CCCCCCCCCCCCCCC. The number of hydrogen-bond acceptors (Lipinski definition) is 1. The van der Waals surface area contributed by atoms with Gasteiger partial charge in [-0.25, -0.2) is 0 Å². The smallest absolute Gasteiger partial charge is 0.0540 e. The monoisotopic (exact) mass is 493 g/mol. The van der Waals surface area contributed by atoms with Gasteiger partial charge in [-0.05, 0) is 38.5 Å². The standard InChI is InChI=1S/C34H68O/c1-3-5-7-9-11-13-15-17-18-19-21-23-25-27-29-31-33-34(35)32-30-28-26-24-22-20-16-14-12-10-8-6-4-2/h17-18,34-35H,3-16,19-33H2,1-2H3. The molecule has 0 rings (SSSR count). The van der Waals surface area contributed by atoms with Crippen LogP contribution in [0.3, 0.4) is 0 Å². The molecule has 0 heterocycles. The van der Waals surface area contributed by atoms with Crippen molar-refractivity contribution in [3.05, 3.63) is 12.2 Å². The maximum atomic E-state index is 10.2. The van der Waals surface area contributed by atoms with Gasteiger partial charge in [-0.1, -0.05) is 174 Å². The van der Waals surface area contributed by atoms with Gasteiger partial charge in [0.2, 0.25) is 0 Å². The van der Waals surface area contributed by atoms with Gasteiger partial charge in [0, 0.05) is 0 Å². The van der Waals surface area contributed by atoms with Gasteiger partial charge >= 0.3 is 0 Å². The van der Waals surface area contributed by atoms with Gasteiger partial charge in [0.05, 0.1) is 6.10 Å². The quantitative estimate of drug-likeness (QED) is 0.0780. The topological polar surface area (TPSA) is 20.2 Å². The highest BCUT2D eigenvalue weighted by Crippen LogP contribution is 2.16. The molecule has 1 atom stereocenters. The highest BCUT2D eigenvalue weighted by Gasteiger charge is 2.03. The molecule has 0 saturated heterocycles. The van der Waals surface area contributed by atoms with E-state index in [1.54, 1.807) is 0 Å². The fourth-order valence-electron chi connectivity index (χ4n) is 5.17. The van der Waals surface area contributed by atoms with Gasteiger partial charge in [-0.3, -0.25) is 0 Å². The molecule has 0 amide bonds. The molecule has 35 heavy (non-hydrogen) atoms. The second kappa shape index (κ2) is 31.7. The summed E-state index contributed by atoms with van der Waals surface area (Å²) >= 11 is 0. The van der Waals surface area contributed by atoms with Crippen molar-refractivity contribution in [1.82, 2.24) is 0 Å². The molecule has 210 valence electrons. The molecule has 0 aliphatic carbocycles. The number of unbranched alkanes of at least 4 members (excludes halogenated alkanes) is 24. The number of hydrogen-bond donors (Lipinski definition) is 1. The second-order valence-corrected chi connectivity index (χ2v) is 11.4. The van der Waals surface area contributed by atoms with Gasteiger partial charge in [-0.2, -0.15) is 0 Å². The van der Waals surface area contributed by atoms with Gasteiger partial charge in [0.15, 0.2) is 0 Å². The van der Waals surface area contributed by atoms with Crippen molar-refractivity contribution < 1.29 is 5.11 Å². The normalized spacial score (nSPS) is 12.7. The minimum absolute atomic E-state index is 0.0421. The van der Waals surface area contributed by atoms with E-state index in [4.69, 9.17) is 0 Å². The van der Waals surface area contributed by atoms with E-state index >= 15 is 0 Å². The largest absolute Gasteiger partial charge is 0.393 e. The van der Waals surface area contributed by atoms with E-state index in [0.717, 1.165) is 12.8 Å². The molecule has 1 nitrogen and oxygen atoms in total. The average Bonchev–Trinajstić information content (AvgIpc) is 2.86. The van der Waals surface area contributed by atoms with Gasteiger partial charge in [0.25, 0.3) is 0 Å². The van der Waals surface area contributed by atoms with Crippen molar-refractivity contribution in [2.45, 2.75) is 206 Å². The van der Waals surface area contributed by atoms with E-state index in [2.05, 4.69) is 26.0 Å². The molecule has 1 heteroatoms. The van der Waals surface area contributed by atoms with Crippen molar-refractivity contribution in [1.29, 1.82) is 0 Å². The number of allylic oxidation sites excluding steroid dienone is 2. The maximum Gasteiger partial charge on any atom is 0.0540 e. The van der Waals surface area contributed by atoms with Crippen LogP contribution in [0.1, 0.15) is 200 Å². The predicted octanol–water partition coefficient (Wildman–Crippen LogP) is 12.3. The lowest BCUT2D eigenvalue weighted by atomic mass is 10.0. The zero-order chi connectivity index (χ0) is 25.5. The van der Waals surface area contributed by atoms with Crippen LogP contribution in [0.2, 0.25) is 0 Å². The molecule has 0 spiro atoms. The van der Waals surface area contributed by atoms with Crippen LogP contribution in [-0.4, -0.2) is 11.2 Å². The third-order valence-corrected chi connectivity index (χ3v) is 7.69. The Morgan fingerprint density at radius 1 is 0.371 bits per heavy atom. The van der Waals surface area contributed by atoms with Gasteiger partial charge in [-0.15, -0.1) is 0 Å². The number of rotatable bonds is 30. The van der Waals surface area contributed by atoms with Crippen LogP contribution in [-0.2, 0) is 0 Å². The Morgan fingerprint density at radius 3 is 0.943 bits per heavy atom. The van der Waals surface area contributed by atoms with Crippen molar-refractivity contribution in [2.24, 2.45) is 0 Å². The molecule has 0 aliphatic heterocycles. The first-order valence-corrected chi connectivity index (χ1v) is 16.6. The lowest BCUT2D eigenvalue weighted by Gasteiger charge is -2.10. The van der Waals surface area contributed by atoms with Crippen LogP contribution in [0.25, 0.3) is 0 Å². The predicted molar refractivity (Wildman–Crippen MR) is 160 cm³/mol. The van der Waals surface area contributed by atoms with Crippen molar-refractivity contribution in [3.8, 4) is 0 Å². The van der Waals surface area contributed by atoms with Gasteiger partial charge < -0.3 is 5.11 Å². The van der Waals surface area contributed by atoms with Crippen LogP contribution >= 0.6 is 0 Å². The third-order valence-electron chi connectivity index (χ3n) is 7.69. The van der Waals surface area contributed by atoms with Crippen molar-refractivity contribution >= 4 is 0 Å². The Labute approximate surface area is 223 Å². The maximum absolute atomic E-state index is 10.2. The highest BCUT2D eigenvalue weighted by atomic mass is 16.3. The molecule has 0 aromatic carbocycles. The van der Waals surface area contributed by atoms with Crippen LogP contribution in [0, 0.1) is 0 Å². The minimum atomic E-state index is -0.0421. The molecule has 0 bridgehead atoms. The van der Waals surface area contributed by atoms with Crippen LogP contribution in [0.5, 0.6) is 0 Å². The van der Waals surface area contributed by atoms with Crippen LogP contribution in [0.4, 0.5) is 0 Å². The van der Waals surface area contributed by atoms with E-state index in [1.807, 2.05) is 0 Å². The minimum Gasteiger partial charge on any atom is -0.393 e. The Morgan fingerprint density at radius 2 is 0.629 bits per heavy atom. The molecular weight excluding hydrogens is 424 g/mol. The molecule has 0 aromatic heterocycles. The molecular formula is C34H68O. The van der Waals surface area contributed by atoms with Crippen LogP contribution in [0.15, 0.2) is 12.2 Å². The second-order valence-electron chi connectivity index (χ2n) is 11.4. The Hall–Kier alpha value is -0.300. The lowest BCUT2D eigenvalue weighted by molar-refractivity contribution is 0.147. The zero-order valence-corrected chi connectivity index (χ0v) is 24.7. The molecule has 1 N–H and O–H groups in total. The fraction of sp³-hybridized carbons (Fsp3) is 0.941. The van der Waals surface area contributed by atoms with E-state index in [1.165, 1.54) is 173 Å². The van der Waals surface area contributed by atoms with E-state index < -0.39 is 0 Å². The van der Waals surface area contributed by atoms with Crippen molar-refractivity contribution in [3.63, 3.8) is 0 Å². The first-order chi connectivity index (χ1) is 17.3. The molecule has 1 unspecified atom stereocenters. The summed E-state index contributed by atoms with van der Waals surface area (Å²) in [6, 6.07) is 0. The summed E-state index contributed by atoms with van der Waals surface area (Å²) in [5, 5.41) is 10.2. The zero-order valence-electron chi connectivity index (χ0n) is 24.7. The summed E-state index contributed by atoms with van der Waals surface area (Å²) in [7, 11) is 0. The number of aliphatic hydroxyl groups is 1. The Kier molecular flexibility index (Phi) is 31.5. The highest BCUT2D eigenvalue weighted by molar-refractivity contribution is 4.81. The van der Waals surface area contributed by atoms with E-state index in [-0.39, 0.29) is 6.10 Å². The van der Waals surface area contributed by atoms with Gasteiger partial charge in [0.1, 0.15) is 0 Å². The molecule has 0 radical (unpaired) electrons. The molecule has 0 aliphatic rings. The van der Waals surface area contributed by atoms with E-state index in [9.17, 15) is 5.11 Å². The molecule has 0 saturated carbocycles. The summed E-state index contributed by atoms with van der Waals surface area (Å²) in [5.74, 6) is 0. The van der Waals surface area contributed by atoms with Crippen molar-refractivity contribution in [2.75, 3.05) is 0 Å². The Balaban J connectivity index is 3.18. The summed E-state index contributed by atoms with van der Waals surface area (Å²) in [6.07, 6.45) is 44.0.